The molecule has 4 N–H and O–H groups in total. The summed E-state index contributed by atoms with van der Waals surface area (Å²) in [6.45, 7) is 2.99. The van der Waals surface area contributed by atoms with Crippen LogP contribution in [0.1, 0.15) is 12.6 Å². The minimum absolute atomic E-state index is 0.109. The summed E-state index contributed by atoms with van der Waals surface area (Å²) < 4.78 is 7.38. The molecule has 0 amide bonds. The Bertz CT molecular complexity index is 805. The van der Waals surface area contributed by atoms with E-state index in [0.29, 0.717) is 23.3 Å². The van der Waals surface area contributed by atoms with Crippen molar-refractivity contribution in [3.63, 3.8) is 0 Å². The predicted molar refractivity (Wildman–Crippen MR) is 98.2 cm³/mol. The number of fused-ring (bicyclic) bond motifs is 1. The third-order valence-corrected chi connectivity index (χ3v) is 5.91. The number of nitrogen functional groups attached to an aromatic ring is 1. The van der Waals surface area contributed by atoms with Gasteiger partial charge < -0.3 is 20.7 Å². The molecule has 0 radical (unpaired) electrons. The van der Waals surface area contributed by atoms with Crippen molar-refractivity contribution in [1.82, 2.24) is 14.5 Å². The molecular weight excluding hydrogens is 351 g/mol. The fraction of sp³-hybridized carbons (Fsp3) is 0.533. The molecule has 1 fully saturated rings. The molecule has 0 spiro atoms. The zero-order valence-electron chi connectivity index (χ0n) is 13.6. The Morgan fingerprint density at radius 2 is 2.12 bits per heavy atom. The quantitative estimate of drug-likeness (QED) is 0.700. The molecule has 132 valence electrons. The van der Waals surface area contributed by atoms with Crippen LogP contribution in [0.15, 0.2) is 12.3 Å². The fourth-order valence-electron chi connectivity index (χ4n) is 2.87. The smallest absolute Gasteiger partial charge is 0.207 e. The number of ether oxygens (including phenoxy) is 1. The Hall–Kier alpha value is -1.11. The molecule has 2 aromatic heterocycles. The first-order valence-electron chi connectivity index (χ1n) is 7.66. The first kappa shape index (κ1) is 17.7. The molecule has 1 aliphatic heterocycles. The molecule has 4 atom stereocenters. The first-order chi connectivity index (χ1) is 11.2. The molecule has 0 saturated carbocycles. The summed E-state index contributed by atoms with van der Waals surface area (Å²) in [4.78, 5) is 8.43. The molecule has 1 unspecified atom stereocenters. The second kappa shape index (κ2) is 6.32. The Labute approximate surface area is 145 Å². The average molecular weight is 373 g/mol. The van der Waals surface area contributed by atoms with Gasteiger partial charge in [0.1, 0.15) is 17.7 Å². The number of hydrogen-bond donors (Lipinski definition) is 3. The summed E-state index contributed by atoms with van der Waals surface area (Å²) >= 11 is 6.21. The summed E-state index contributed by atoms with van der Waals surface area (Å²) in [5.41, 5.74) is 7.19. The molecule has 0 aliphatic carbocycles. The fourth-order valence-corrected chi connectivity index (χ4v) is 4.08. The van der Waals surface area contributed by atoms with Crippen molar-refractivity contribution in [2.75, 3.05) is 25.2 Å². The molecule has 1 saturated heterocycles. The van der Waals surface area contributed by atoms with E-state index in [4.69, 9.17) is 22.1 Å². The van der Waals surface area contributed by atoms with E-state index in [2.05, 4.69) is 29.6 Å². The third-order valence-electron chi connectivity index (χ3n) is 4.18. The van der Waals surface area contributed by atoms with Crippen molar-refractivity contribution in [1.29, 1.82) is 0 Å². The number of aliphatic hydroxyl groups excluding tert-OH is 2. The molecule has 3 heterocycles. The van der Waals surface area contributed by atoms with E-state index in [-0.39, 0.29) is 5.28 Å². The number of aromatic nitrogens is 3. The van der Waals surface area contributed by atoms with Crippen molar-refractivity contribution >= 4 is 41.6 Å². The molecule has 7 nitrogen and oxygen atoms in total. The Balaban J connectivity index is 1.92. The Morgan fingerprint density at radius 3 is 2.79 bits per heavy atom. The summed E-state index contributed by atoms with van der Waals surface area (Å²) in [5.74, 6) is 0. The summed E-state index contributed by atoms with van der Waals surface area (Å²) in [5, 5.41) is 20.9. The topological polar surface area (TPSA) is 106 Å². The van der Waals surface area contributed by atoms with Gasteiger partial charge in [-0.2, -0.15) is 0 Å². The van der Waals surface area contributed by atoms with Crippen LogP contribution in [0.2, 0.25) is 5.28 Å². The van der Waals surface area contributed by atoms with Gasteiger partial charge >= 0.3 is 0 Å². The van der Waals surface area contributed by atoms with E-state index < -0.39 is 31.4 Å². The monoisotopic (exact) mass is 372 g/mol. The SMILES string of the molecule is C=P(C)(C)CC[C@H]1OC(n2c(Cl)nc3c(N)ccnc32)[C@H](O)[C@@H]1O. The van der Waals surface area contributed by atoms with Crippen LogP contribution in [0.25, 0.3) is 11.2 Å². The summed E-state index contributed by atoms with van der Waals surface area (Å²) in [6.07, 6.45) is 3.71. The molecule has 24 heavy (non-hydrogen) atoms. The van der Waals surface area contributed by atoms with E-state index in [1.165, 1.54) is 10.8 Å². The van der Waals surface area contributed by atoms with Crippen molar-refractivity contribution in [2.45, 2.75) is 31.0 Å². The lowest BCUT2D eigenvalue weighted by atomic mass is 10.1. The number of pyridine rings is 1. The van der Waals surface area contributed by atoms with Gasteiger partial charge in [0.15, 0.2) is 11.9 Å². The van der Waals surface area contributed by atoms with Gasteiger partial charge in [-0.1, -0.05) is 0 Å². The average Bonchev–Trinajstić information content (AvgIpc) is 2.96. The number of aliphatic hydroxyl groups is 2. The van der Waals surface area contributed by atoms with Crippen molar-refractivity contribution in [3.05, 3.63) is 17.5 Å². The lowest BCUT2D eigenvalue weighted by Crippen LogP contribution is -2.32. The van der Waals surface area contributed by atoms with Crippen LogP contribution in [0.4, 0.5) is 5.69 Å². The van der Waals surface area contributed by atoms with E-state index in [1.807, 2.05) is 0 Å². The molecule has 1 aliphatic rings. The van der Waals surface area contributed by atoms with Gasteiger partial charge in [0.2, 0.25) is 5.28 Å². The molecule has 2 aromatic rings. The van der Waals surface area contributed by atoms with E-state index in [1.54, 1.807) is 6.07 Å². The van der Waals surface area contributed by atoms with Crippen LogP contribution in [-0.2, 0) is 4.74 Å². The first-order valence-corrected chi connectivity index (χ1v) is 11.1. The van der Waals surface area contributed by atoms with Gasteiger partial charge in [-0.25, -0.2) is 9.97 Å². The summed E-state index contributed by atoms with van der Waals surface area (Å²) in [7, 11) is 0. The highest BCUT2D eigenvalue weighted by Crippen LogP contribution is 2.40. The predicted octanol–water partition coefficient (Wildman–Crippen LogP) is 1.39. The number of nitrogens with zero attached hydrogens (tertiary/aromatic N) is 3. The van der Waals surface area contributed by atoms with Crippen LogP contribution < -0.4 is 5.73 Å². The zero-order valence-corrected chi connectivity index (χ0v) is 15.3. The Kier molecular flexibility index (Phi) is 4.66. The van der Waals surface area contributed by atoms with E-state index >= 15 is 0 Å². The van der Waals surface area contributed by atoms with E-state index in [0.717, 1.165) is 6.16 Å². The maximum absolute atomic E-state index is 10.4. The normalized spacial score (nSPS) is 27.9. The maximum Gasteiger partial charge on any atom is 0.207 e. The van der Waals surface area contributed by atoms with Gasteiger partial charge in [0, 0.05) is 6.20 Å². The maximum atomic E-state index is 10.4. The number of halogens is 1. The number of rotatable bonds is 4. The Morgan fingerprint density at radius 1 is 1.42 bits per heavy atom. The second-order valence-corrected chi connectivity index (χ2v) is 11.5. The van der Waals surface area contributed by atoms with Crippen molar-refractivity contribution in [2.24, 2.45) is 0 Å². The zero-order chi connectivity index (χ0) is 17.6. The van der Waals surface area contributed by atoms with Crippen molar-refractivity contribution < 1.29 is 14.9 Å². The third kappa shape index (κ3) is 3.19. The van der Waals surface area contributed by atoms with Crippen molar-refractivity contribution in [3.8, 4) is 0 Å². The van der Waals surface area contributed by atoms with Crippen LogP contribution in [-0.4, -0.2) is 68.9 Å². The standard InChI is InChI=1S/C15H22ClN4O3P/c1-24(2,3)7-5-9-11(21)12(22)14(23-9)20-13-10(19-15(20)16)8(17)4-6-18-13/h4,6,9,11-12,14,21-22H,1,5,7H2,2-3H3,(H2,17,18)/t9-,11-,12-,14?/m1/s1. The highest BCUT2D eigenvalue weighted by molar-refractivity contribution is 7.72. The van der Waals surface area contributed by atoms with Crippen LogP contribution in [0.5, 0.6) is 0 Å². The summed E-state index contributed by atoms with van der Waals surface area (Å²) in [6, 6.07) is 1.62. The lowest BCUT2D eigenvalue weighted by molar-refractivity contribution is -0.0351. The van der Waals surface area contributed by atoms with E-state index in [9.17, 15) is 10.2 Å². The van der Waals surface area contributed by atoms with Crippen LogP contribution >= 0.6 is 18.5 Å². The number of anilines is 1. The van der Waals surface area contributed by atoms with Gasteiger partial charge in [0.25, 0.3) is 0 Å². The van der Waals surface area contributed by atoms with Gasteiger partial charge in [0.05, 0.1) is 11.8 Å². The molecular formula is C15H22ClN4O3P. The second-order valence-electron chi connectivity index (χ2n) is 6.82. The molecule has 3 rings (SSSR count). The number of imidazole rings is 1. The highest BCUT2D eigenvalue weighted by atomic mass is 35.5. The molecule has 9 heteroatoms. The molecule has 0 bridgehead atoms. The number of nitrogens with two attached hydrogens (primary N) is 1. The largest absolute Gasteiger partial charge is 0.397 e. The van der Waals surface area contributed by atoms with Gasteiger partial charge in [-0.05, 0) is 43.6 Å². The molecule has 0 aromatic carbocycles. The minimum atomic E-state index is -1.25. The minimum Gasteiger partial charge on any atom is -0.397 e. The van der Waals surface area contributed by atoms with Crippen LogP contribution in [0.3, 0.4) is 0 Å². The van der Waals surface area contributed by atoms with Gasteiger partial charge in [-0.3, -0.25) is 4.57 Å². The van der Waals surface area contributed by atoms with Crippen LogP contribution in [0, 0.1) is 0 Å². The lowest BCUT2D eigenvalue weighted by Gasteiger charge is -2.19. The van der Waals surface area contributed by atoms with Gasteiger partial charge in [-0.15, -0.1) is 13.2 Å². The highest BCUT2D eigenvalue weighted by Gasteiger charge is 2.44. The number of hydrogen-bond acceptors (Lipinski definition) is 6.